The number of thioether (sulfide) groups is 1. The van der Waals surface area contributed by atoms with Gasteiger partial charge in [0.1, 0.15) is 0 Å². The fourth-order valence-corrected chi connectivity index (χ4v) is 3.75. The highest BCUT2D eigenvalue weighted by atomic mass is 32.2. The molecule has 29 heavy (non-hydrogen) atoms. The average Bonchev–Trinajstić information content (AvgIpc) is 2.92. The summed E-state index contributed by atoms with van der Waals surface area (Å²) in [7, 11) is 3.43. The summed E-state index contributed by atoms with van der Waals surface area (Å²) in [6.07, 6.45) is 3.96. The number of methoxy groups -OCH3 is 1. The van der Waals surface area contributed by atoms with E-state index in [1.807, 2.05) is 12.1 Å². The first-order valence-corrected chi connectivity index (χ1v) is 10.2. The molecule has 154 valence electrons. The van der Waals surface area contributed by atoms with Gasteiger partial charge in [-0.15, -0.1) is 5.10 Å². The summed E-state index contributed by atoms with van der Waals surface area (Å²) < 4.78 is 4.52. The first kappa shape index (κ1) is 21.2. The lowest BCUT2D eigenvalue weighted by Gasteiger charge is -2.20. The van der Waals surface area contributed by atoms with Gasteiger partial charge in [-0.3, -0.25) is 15.0 Å². The van der Waals surface area contributed by atoms with Gasteiger partial charge in [-0.05, 0) is 49.4 Å². The number of nitrogens with one attached hydrogen (secondary N) is 1. The van der Waals surface area contributed by atoms with Gasteiger partial charge in [0.05, 0.1) is 18.2 Å². The van der Waals surface area contributed by atoms with Crippen LogP contribution in [-0.4, -0.2) is 73.4 Å². The molecule has 8 nitrogen and oxygen atoms in total. The van der Waals surface area contributed by atoms with Gasteiger partial charge in [0.25, 0.3) is 5.91 Å². The summed E-state index contributed by atoms with van der Waals surface area (Å²) in [6.45, 7) is 5.43. The normalized spacial score (nSPS) is 21.7. The molecule has 2 saturated heterocycles. The molecule has 0 aliphatic carbocycles. The number of carbonyl (C=O) groups excluding carboxylic acids is 2. The Hall–Kier alpha value is -2.49. The molecule has 1 N–H and O–H groups in total. The smallest absolute Gasteiger partial charge is 0.331 e. The number of rotatable bonds is 5. The zero-order valence-corrected chi connectivity index (χ0v) is 17.4. The molecule has 9 heteroatoms. The minimum Gasteiger partial charge on any atom is -0.466 e. The number of esters is 1. The third-order valence-electron chi connectivity index (χ3n) is 4.65. The fraction of sp³-hybridized carbons (Fsp3) is 0.400. The first-order chi connectivity index (χ1) is 14.0. The van der Waals surface area contributed by atoms with E-state index in [4.69, 9.17) is 0 Å². The molecule has 1 aromatic rings. The Balaban J connectivity index is 1.54. The quantitative estimate of drug-likeness (QED) is 0.339. The number of benzene rings is 1. The zero-order chi connectivity index (χ0) is 20.6. The van der Waals surface area contributed by atoms with Gasteiger partial charge in [0.2, 0.25) is 0 Å². The third-order valence-corrected chi connectivity index (χ3v) is 5.55. The van der Waals surface area contributed by atoms with Crippen molar-refractivity contribution >= 4 is 35.0 Å². The van der Waals surface area contributed by atoms with Crippen molar-refractivity contribution in [3.8, 4) is 0 Å². The highest BCUT2D eigenvalue weighted by Gasteiger charge is 2.25. The van der Waals surface area contributed by atoms with Crippen LogP contribution in [-0.2, 0) is 20.9 Å². The Morgan fingerprint density at radius 2 is 2.03 bits per heavy atom. The standard InChI is InChI=1S/C20H25N5O3S/c1-24-8-3-9-25(11-10-24)14-16-6-4-15(5-7-16)13-21-23-20-22-19(27)17(29-20)12-18(26)28-2/h4-7,12-13H,3,8-11,14H2,1-2H3,(H,22,23,27)/b17-12+,21-13?. The van der Waals surface area contributed by atoms with Crippen molar-refractivity contribution in [3.05, 3.63) is 46.4 Å². The molecule has 1 aromatic carbocycles. The van der Waals surface area contributed by atoms with Gasteiger partial charge in [-0.2, -0.15) is 5.10 Å². The average molecular weight is 416 g/mol. The van der Waals surface area contributed by atoms with Gasteiger partial charge in [-0.25, -0.2) is 4.79 Å². The van der Waals surface area contributed by atoms with Crippen molar-refractivity contribution in [1.82, 2.24) is 15.1 Å². The van der Waals surface area contributed by atoms with E-state index in [-0.39, 0.29) is 4.91 Å². The first-order valence-electron chi connectivity index (χ1n) is 9.43. The summed E-state index contributed by atoms with van der Waals surface area (Å²) in [5.74, 6) is -0.974. The van der Waals surface area contributed by atoms with E-state index in [1.54, 1.807) is 6.21 Å². The maximum Gasteiger partial charge on any atom is 0.331 e. The number of ether oxygens (including phenoxy) is 1. The molecule has 2 heterocycles. The van der Waals surface area contributed by atoms with Crippen molar-refractivity contribution in [2.75, 3.05) is 40.3 Å². The van der Waals surface area contributed by atoms with E-state index in [2.05, 4.69) is 49.2 Å². The lowest BCUT2D eigenvalue weighted by molar-refractivity contribution is -0.135. The summed E-state index contributed by atoms with van der Waals surface area (Å²) >= 11 is 1.05. The van der Waals surface area contributed by atoms with Crippen LogP contribution in [0.4, 0.5) is 0 Å². The van der Waals surface area contributed by atoms with Gasteiger partial charge in [0, 0.05) is 25.7 Å². The Morgan fingerprint density at radius 1 is 1.24 bits per heavy atom. The Bertz CT molecular complexity index is 835. The maximum absolute atomic E-state index is 11.8. The molecule has 2 aliphatic heterocycles. The van der Waals surface area contributed by atoms with Crippen LogP contribution in [0, 0.1) is 0 Å². The van der Waals surface area contributed by atoms with E-state index in [9.17, 15) is 9.59 Å². The van der Waals surface area contributed by atoms with Crippen LogP contribution in [0.3, 0.4) is 0 Å². The molecule has 3 rings (SSSR count). The van der Waals surface area contributed by atoms with Gasteiger partial charge < -0.3 is 9.64 Å². The van der Waals surface area contributed by atoms with Crippen LogP contribution >= 0.6 is 11.8 Å². The minimum atomic E-state index is -0.584. The van der Waals surface area contributed by atoms with Crippen LogP contribution in [0.5, 0.6) is 0 Å². The number of carbonyl (C=O) groups is 2. The molecule has 0 bridgehead atoms. The second-order valence-corrected chi connectivity index (χ2v) is 7.94. The van der Waals surface area contributed by atoms with Crippen molar-refractivity contribution in [1.29, 1.82) is 0 Å². The molecule has 0 aromatic heterocycles. The third kappa shape index (κ3) is 6.52. The van der Waals surface area contributed by atoms with Gasteiger partial charge >= 0.3 is 5.97 Å². The Morgan fingerprint density at radius 3 is 2.79 bits per heavy atom. The SMILES string of the molecule is COC(=O)/C=C1/S/C(=N\N=Cc2ccc(CN3CCCN(C)CC3)cc2)NC1=O. The van der Waals surface area contributed by atoms with E-state index in [0.29, 0.717) is 5.17 Å². The molecule has 0 unspecified atom stereocenters. The lowest BCUT2D eigenvalue weighted by atomic mass is 10.1. The van der Waals surface area contributed by atoms with Crippen molar-refractivity contribution in [2.24, 2.45) is 10.2 Å². The molecule has 0 radical (unpaired) electrons. The molecule has 0 atom stereocenters. The molecule has 1 amide bonds. The van der Waals surface area contributed by atoms with Crippen molar-refractivity contribution in [2.45, 2.75) is 13.0 Å². The lowest BCUT2D eigenvalue weighted by Crippen LogP contribution is -2.28. The summed E-state index contributed by atoms with van der Waals surface area (Å²) in [4.78, 5) is 28.1. The summed E-state index contributed by atoms with van der Waals surface area (Å²) in [5.41, 5.74) is 2.20. The van der Waals surface area contributed by atoms with E-state index >= 15 is 0 Å². The predicted octanol–water partition coefficient (Wildman–Crippen LogP) is 1.43. The van der Waals surface area contributed by atoms with Crippen LogP contribution < -0.4 is 5.32 Å². The summed E-state index contributed by atoms with van der Waals surface area (Å²) in [6, 6.07) is 8.22. The van der Waals surface area contributed by atoms with Gasteiger partial charge in [0.15, 0.2) is 5.17 Å². The van der Waals surface area contributed by atoms with Crippen LogP contribution in [0.15, 0.2) is 45.4 Å². The van der Waals surface area contributed by atoms with E-state index in [1.165, 1.54) is 19.1 Å². The molecular weight excluding hydrogens is 390 g/mol. The minimum absolute atomic E-state index is 0.231. The number of amides is 1. The topological polar surface area (TPSA) is 86.6 Å². The molecule has 2 aliphatic rings. The molecule has 0 saturated carbocycles. The largest absolute Gasteiger partial charge is 0.466 e. The van der Waals surface area contributed by atoms with Crippen molar-refractivity contribution in [3.63, 3.8) is 0 Å². The van der Waals surface area contributed by atoms with Crippen molar-refractivity contribution < 1.29 is 14.3 Å². The second kappa shape index (κ2) is 10.3. The number of hydrogen-bond acceptors (Lipinski definition) is 8. The van der Waals surface area contributed by atoms with Crippen LogP contribution in [0.25, 0.3) is 0 Å². The number of amidine groups is 1. The number of hydrogen-bond donors (Lipinski definition) is 1. The molecular formula is C20H25N5O3S. The highest BCUT2D eigenvalue weighted by Crippen LogP contribution is 2.23. The number of nitrogens with zero attached hydrogens (tertiary/aromatic N) is 4. The summed E-state index contributed by atoms with van der Waals surface area (Å²) in [5, 5.41) is 10.9. The maximum atomic E-state index is 11.8. The van der Waals surface area contributed by atoms with E-state index in [0.717, 1.165) is 56.1 Å². The molecule has 0 spiro atoms. The van der Waals surface area contributed by atoms with Crippen LogP contribution in [0.2, 0.25) is 0 Å². The highest BCUT2D eigenvalue weighted by molar-refractivity contribution is 8.18. The zero-order valence-electron chi connectivity index (χ0n) is 16.6. The van der Waals surface area contributed by atoms with Gasteiger partial charge in [-0.1, -0.05) is 24.3 Å². The Labute approximate surface area is 174 Å². The Kier molecular flexibility index (Phi) is 7.56. The van der Waals surface area contributed by atoms with E-state index < -0.39 is 11.9 Å². The fourth-order valence-electron chi connectivity index (χ4n) is 3.01. The number of likely N-dealkylation sites (N-methyl/N-ethyl adjacent to an activating group) is 1. The second-order valence-electron chi connectivity index (χ2n) is 6.91. The molecule has 2 fully saturated rings. The predicted molar refractivity (Wildman–Crippen MR) is 115 cm³/mol. The monoisotopic (exact) mass is 415 g/mol. The van der Waals surface area contributed by atoms with Crippen LogP contribution in [0.1, 0.15) is 17.5 Å².